The molecule has 6 heteroatoms. The summed E-state index contributed by atoms with van der Waals surface area (Å²) in [5.41, 5.74) is 7.48. The van der Waals surface area contributed by atoms with Crippen LogP contribution in [0.4, 0.5) is 21.5 Å². The van der Waals surface area contributed by atoms with E-state index in [1.807, 2.05) is 0 Å². The van der Waals surface area contributed by atoms with Crippen molar-refractivity contribution in [3.8, 4) is 0 Å². The summed E-state index contributed by atoms with van der Waals surface area (Å²) < 4.78 is 13.6. The Bertz CT molecular complexity index is 582. The molecule has 0 aliphatic heterocycles. The van der Waals surface area contributed by atoms with Crippen molar-refractivity contribution in [2.24, 2.45) is 0 Å². The molecule has 0 fully saturated rings. The van der Waals surface area contributed by atoms with E-state index in [2.05, 4.69) is 21.2 Å². The monoisotopic (exact) mass is 348 g/mol. The van der Waals surface area contributed by atoms with Crippen LogP contribution < -0.4 is 11.1 Å². The first kappa shape index (κ1) is 13.5. The number of hydrogen-bond donors (Lipinski definition) is 2. The van der Waals surface area contributed by atoms with E-state index in [4.69, 9.17) is 28.9 Å². The number of nitrogens with one attached hydrogen (secondary N) is 1. The molecular weight excluding hydrogens is 342 g/mol. The second-order valence-corrected chi connectivity index (χ2v) is 5.30. The molecule has 0 spiro atoms. The van der Waals surface area contributed by atoms with Gasteiger partial charge in [0.05, 0.1) is 22.1 Å². The van der Waals surface area contributed by atoms with Gasteiger partial charge >= 0.3 is 0 Å². The average Bonchev–Trinajstić information content (AvgIpc) is 2.28. The minimum absolute atomic E-state index is 0.251. The van der Waals surface area contributed by atoms with E-state index < -0.39 is 5.82 Å². The minimum Gasteiger partial charge on any atom is -0.397 e. The van der Waals surface area contributed by atoms with Crippen LogP contribution >= 0.6 is 39.1 Å². The molecule has 0 bridgehead atoms. The Morgan fingerprint density at radius 1 is 1.17 bits per heavy atom. The third kappa shape index (κ3) is 2.88. The van der Waals surface area contributed by atoms with Crippen LogP contribution in [0.25, 0.3) is 0 Å². The third-order valence-electron chi connectivity index (χ3n) is 2.28. The predicted molar refractivity (Wildman–Crippen MR) is 78.3 cm³/mol. The van der Waals surface area contributed by atoms with Crippen molar-refractivity contribution in [3.05, 3.63) is 50.7 Å². The Morgan fingerprint density at radius 3 is 2.56 bits per heavy atom. The zero-order chi connectivity index (χ0) is 13.3. The zero-order valence-corrected chi connectivity index (χ0v) is 12.1. The lowest BCUT2D eigenvalue weighted by Crippen LogP contribution is -1.98. The Balaban J connectivity index is 2.43. The van der Waals surface area contributed by atoms with Gasteiger partial charge in [-0.15, -0.1) is 0 Å². The molecule has 0 aliphatic rings. The molecule has 0 aliphatic carbocycles. The van der Waals surface area contributed by atoms with Gasteiger partial charge in [0.2, 0.25) is 0 Å². The van der Waals surface area contributed by atoms with Crippen LogP contribution in [0.3, 0.4) is 0 Å². The largest absolute Gasteiger partial charge is 0.397 e. The van der Waals surface area contributed by atoms with Gasteiger partial charge in [-0.1, -0.05) is 23.2 Å². The number of hydrogen-bond acceptors (Lipinski definition) is 2. The first-order valence-corrected chi connectivity index (χ1v) is 6.49. The van der Waals surface area contributed by atoms with Crippen molar-refractivity contribution in [2.75, 3.05) is 11.1 Å². The summed E-state index contributed by atoms with van der Waals surface area (Å²) >= 11 is 15.1. The van der Waals surface area contributed by atoms with Gasteiger partial charge in [0.25, 0.3) is 0 Å². The Kier molecular flexibility index (Phi) is 4.00. The standard InChI is InChI=1S/C12H8BrCl2FN2/c13-8-4-7(16)5-9(15)12(8)18-11-3-6(14)1-2-10(11)17/h1-5,18H,17H2. The summed E-state index contributed by atoms with van der Waals surface area (Å²) in [7, 11) is 0. The number of rotatable bonds is 2. The summed E-state index contributed by atoms with van der Waals surface area (Å²) in [6.07, 6.45) is 0. The highest BCUT2D eigenvalue weighted by molar-refractivity contribution is 9.10. The van der Waals surface area contributed by atoms with Gasteiger partial charge in [0, 0.05) is 9.50 Å². The first-order chi connectivity index (χ1) is 8.47. The molecule has 2 aromatic carbocycles. The van der Waals surface area contributed by atoms with Gasteiger partial charge in [0.1, 0.15) is 5.82 Å². The molecule has 0 aromatic heterocycles. The first-order valence-electron chi connectivity index (χ1n) is 4.94. The molecule has 0 radical (unpaired) electrons. The molecule has 0 saturated heterocycles. The number of anilines is 3. The average molecular weight is 350 g/mol. The van der Waals surface area contributed by atoms with Crippen LogP contribution in [0.2, 0.25) is 10.0 Å². The van der Waals surface area contributed by atoms with Crippen molar-refractivity contribution >= 4 is 56.2 Å². The SMILES string of the molecule is Nc1ccc(Cl)cc1Nc1c(Cl)cc(F)cc1Br. The maximum atomic E-state index is 13.1. The summed E-state index contributed by atoms with van der Waals surface area (Å²) in [5.74, 6) is -0.420. The van der Waals surface area contributed by atoms with E-state index in [-0.39, 0.29) is 5.02 Å². The van der Waals surface area contributed by atoms with Crippen LogP contribution in [-0.2, 0) is 0 Å². The smallest absolute Gasteiger partial charge is 0.125 e. The highest BCUT2D eigenvalue weighted by atomic mass is 79.9. The van der Waals surface area contributed by atoms with Crippen molar-refractivity contribution in [2.45, 2.75) is 0 Å². The Morgan fingerprint density at radius 2 is 1.89 bits per heavy atom. The Hall–Kier alpha value is -0.970. The highest BCUT2D eigenvalue weighted by Gasteiger charge is 2.10. The maximum absolute atomic E-state index is 13.1. The quantitative estimate of drug-likeness (QED) is 0.729. The van der Waals surface area contributed by atoms with Gasteiger partial charge in [-0.25, -0.2) is 4.39 Å². The van der Waals surface area contributed by atoms with E-state index in [1.165, 1.54) is 12.1 Å². The zero-order valence-electron chi connectivity index (χ0n) is 8.98. The highest BCUT2D eigenvalue weighted by Crippen LogP contribution is 2.36. The van der Waals surface area contributed by atoms with E-state index in [1.54, 1.807) is 18.2 Å². The summed E-state index contributed by atoms with van der Waals surface area (Å²) in [6, 6.07) is 7.56. The molecular formula is C12H8BrCl2FN2. The lowest BCUT2D eigenvalue weighted by molar-refractivity contribution is 0.627. The van der Waals surface area contributed by atoms with E-state index in [0.717, 1.165) is 0 Å². The molecule has 0 amide bonds. The van der Waals surface area contributed by atoms with Crippen molar-refractivity contribution in [3.63, 3.8) is 0 Å². The molecule has 2 aromatic rings. The van der Waals surface area contributed by atoms with Crippen molar-refractivity contribution < 1.29 is 4.39 Å². The fraction of sp³-hybridized carbons (Fsp3) is 0. The van der Waals surface area contributed by atoms with Crippen LogP contribution in [-0.4, -0.2) is 0 Å². The molecule has 2 nitrogen and oxygen atoms in total. The molecule has 18 heavy (non-hydrogen) atoms. The van der Waals surface area contributed by atoms with Crippen LogP contribution in [0.5, 0.6) is 0 Å². The van der Waals surface area contributed by atoms with Crippen molar-refractivity contribution in [1.82, 2.24) is 0 Å². The van der Waals surface area contributed by atoms with Crippen LogP contribution in [0.1, 0.15) is 0 Å². The van der Waals surface area contributed by atoms with Crippen LogP contribution in [0.15, 0.2) is 34.8 Å². The van der Waals surface area contributed by atoms with Crippen LogP contribution in [0, 0.1) is 5.82 Å². The van der Waals surface area contributed by atoms with E-state index >= 15 is 0 Å². The second-order valence-electron chi connectivity index (χ2n) is 3.60. The number of nitrogen functional groups attached to an aromatic ring is 1. The number of nitrogens with two attached hydrogens (primary N) is 1. The fourth-order valence-corrected chi connectivity index (χ4v) is 2.50. The fourth-order valence-electron chi connectivity index (χ4n) is 1.43. The van der Waals surface area contributed by atoms with Gasteiger partial charge in [-0.2, -0.15) is 0 Å². The molecule has 0 unspecified atom stereocenters. The summed E-state index contributed by atoms with van der Waals surface area (Å²) in [4.78, 5) is 0. The predicted octanol–water partition coefficient (Wildman–Crippen LogP) is 5.22. The molecule has 0 atom stereocenters. The van der Waals surface area contributed by atoms with E-state index in [9.17, 15) is 4.39 Å². The van der Waals surface area contributed by atoms with Gasteiger partial charge in [-0.3, -0.25) is 0 Å². The van der Waals surface area contributed by atoms with Gasteiger partial charge < -0.3 is 11.1 Å². The molecule has 0 heterocycles. The molecule has 0 saturated carbocycles. The normalized spacial score (nSPS) is 10.4. The molecule has 3 N–H and O–H groups in total. The molecule has 94 valence electrons. The number of halogens is 4. The van der Waals surface area contributed by atoms with Crippen molar-refractivity contribution in [1.29, 1.82) is 0 Å². The summed E-state index contributed by atoms with van der Waals surface area (Å²) in [6.45, 7) is 0. The third-order valence-corrected chi connectivity index (χ3v) is 3.44. The summed E-state index contributed by atoms with van der Waals surface area (Å²) in [5, 5.41) is 3.82. The van der Waals surface area contributed by atoms with Gasteiger partial charge in [0.15, 0.2) is 0 Å². The molecule has 2 rings (SSSR count). The second kappa shape index (κ2) is 5.34. The lowest BCUT2D eigenvalue weighted by atomic mass is 10.2. The lowest BCUT2D eigenvalue weighted by Gasteiger charge is -2.13. The topological polar surface area (TPSA) is 38.0 Å². The maximum Gasteiger partial charge on any atom is 0.125 e. The van der Waals surface area contributed by atoms with E-state index in [0.29, 0.717) is 26.6 Å². The Labute approximate surface area is 122 Å². The minimum atomic E-state index is -0.420. The number of benzene rings is 2. The van der Waals surface area contributed by atoms with Gasteiger partial charge in [-0.05, 0) is 46.3 Å².